The molecule has 1 heterocycles. The molecule has 22 heavy (non-hydrogen) atoms. The molecule has 0 fully saturated rings. The molecule has 0 saturated heterocycles. The number of aliphatic hydroxyl groups excluding tert-OH is 2. The molecule has 0 saturated carbocycles. The number of fused-ring (bicyclic) bond motifs is 1. The lowest BCUT2D eigenvalue weighted by molar-refractivity contribution is -0.249. The second kappa shape index (κ2) is 7.01. The minimum atomic E-state index is -2.69. The minimum Gasteiger partial charge on any atom is -0.418 e. The SMILES string of the molecule is CC.CC(O)NC(O)C(O)(O)c1ccc2c(c1)OC(O)(S)O2. The van der Waals surface area contributed by atoms with Gasteiger partial charge in [-0.2, -0.15) is 0 Å². The summed E-state index contributed by atoms with van der Waals surface area (Å²) in [5.41, 5.74) is -0.133. The zero-order chi connectivity index (χ0) is 17.1. The lowest BCUT2D eigenvalue weighted by Gasteiger charge is -2.29. The van der Waals surface area contributed by atoms with Crippen molar-refractivity contribution < 1.29 is 35.0 Å². The van der Waals surface area contributed by atoms with E-state index in [1.165, 1.54) is 19.1 Å². The molecule has 8 nitrogen and oxygen atoms in total. The maximum Gasteiger partial charge on any atom is 0.422 e. The minimum absolute atomic E-state index is 0.0247. The monoisotopic (exact) mass is 335 g/mol. The fourth-order valence-corrected chi connectivity index (χ4v) is 1.91. The first kappa shape index (κ1) is 19.0. The predicted octanol–water partition coefficient (Wildman–Crippen LogP) is -0.599. The molecule has 126 valence electrons. The van der Waals surface area contributed by atoms with Crippen LogP contribution in [0.3, 0.4) is 0 Å². The molecule has 9 heteroatoms. The molecule has 0 bridgehead atoms. The van der Waals surface area contributed by atoms with Crippen molar-refractivity contribution in [1.29, 1.82) is 0 Å². The van der Waals surface area contributed by atoms with Gasteiger partial charge < -0.3 is 35.0 Å². The molecule has 0 aromatic heterocycles. The van der Waals surface area contributed by atoms with Gasteiger partial charge in [0.15, 0.2) is 17.7 Å². The van der Waals surface area contributed by atoms with Crippen LogP contribution in [0.4, 0.5) is 0 Å². The van der Waals surface area contributed by atoms with Gasteiger partial charge in [-0.1, -0.05) is 26.5 Å². The van der Waals surface area contributed by atoms with Crippen molar-refractivity contribution in [3.63, 3.8) is 0 Å². The molecule has 0 spiro atoms. The van der Waals surface area contributed by atoms with E-state index in [2.05, 4.69) is 17.9 Å². The molecule has 1 aliphatic heterocycles. The van der Waals surface area contributed by atoms with E-state index in [1.807, 2.05) is 13.8 Å². The molecule has 0 radical (unpaired) electrons. The van der Waals surface area contributed by atoms with Gasteiger partial charge in [0.05, 0.1) is 0 Å². The maximum absolute atomic E-state index is 9.92. The summed E-state index contributed by atoms with van der Waals surface area (Å²) >= 11 is 3.68. The number of hydrogen-bond donors (Lipinski definition) is 7. The first-order chi connectivity index (χ1) is 10.1. The van der Waals surface area contributed by atoms with Crippen molar-refractivity contribution in [2.45, 2.75) is 44.3 Å². The lowest BCUT2D eigenvalue weighted by Crippen LogP contribution is -2.51. The van der Waals surface area contributed by atoms with E-state index < -0.39 is 23.5 Å². The van der Waals surface area contributed by atoms with Crippen molar-refractivity contribution in [1.82, 2.24) is 5.32 Å². The van der Waals surface area contributed by atoms with Crippen LogP contribution in [0, 0.1) is 0 Å². The number of nitrogens with one attached hydrogen (secondary N) is 1. The third-order valence-corrected chi connectivity index (χ3v) is 2.82. The van der Waals surface area contributed by atoms with Crippen molar-refractivity contribution in [3.05, 3.63) is 23.8 Å². The van der Waals surface area contributed by atoms with Crippen LogP contribution in [-0.4, -0.2) is 43.3 Å². The van der Waals surface area contributed by atoms with E-state index in [0.29, 0.717) is 0 Å². The molecular formula is C13H21NO7S. The van der Waals surface area contributed by atoms with Crippen LogP contribution in [0.25, 0.3) is 0 Å². The number of benzene rings is 1. The van der Waals surface area contributed by atoms with Crippen LogP contribution in [0.2, 0.25) is 0 Å². The first-order valence-corrected chi connectivity index (χ1v) is 7.11. The van der Waals surface area contributed by atoms with Gasteiger partial charge in [0.25, 0.3) is 0 Å². The molecule has 0 amide bonds. The van der Waals surface area contributed by atoms with Gasteiger partial charge in [0, 0.05) is 5.56 Å². The summed E-state index contributed by atoms with van der Waals surface area (Å²) in [6.45, 7) is 5.31. The Morgan fingerprint density at radius 1 is 1.18 bits per heavy atom. The van der Waals surface area contributed by atoms with Crippen molar-refractivity contribution >= 4 is 12.6 Å². The van der Waals surface area contributed by atoms with Crippen molar-refractivity contribution in [3.8, 4) is 11.5 Å². The Hall–Kier alpha value is -1.07. The standard InChI is InChI=1S/C11H15NO7S.C2H6/c1-5(13)12-9(14)10(15,16)6-2-3-7-8(4-6)19-11(17,20)18-7;1-2/h2-5,9,12-17,20H,1H3;1-2H3. The quantitative estimate of drug-likeness (QED) is 0.287. The van der Waals surface area contributed by atoms with Gasteiger partial charge in [-0.15, -0.1) is 0 Å². The van der Waals surface area contributed by atoms with Crippen LogP contribution in [0.1, 0.15) is 26.3 Å². The number of hydrogen-bond acceptors (Lipinski definition) is 9. The highest BCUT2D eigenvalue weighted by atomic mass is 32.1. The molecule has 1 aromatic rings. The summed E-state index contributed by atoms with van der Waals surface area (Å²) in [4.78, 5) is 0. The summed E-state index contributed by atoms with van der Waals surface area (Å²) in [6.07, 6.45) is -3.00. The summed E-state index contributed by atoms with van der Waals surface area (Å²) in [5.74, 6) is -2.51. The second-order valence-corrected chi connectivity index (χ2v) is 4.95. The van der Waals surface area contributed by atoms with Crippen LogP contribution in [-0.2, 0) is 5.79 Å². The molecule has 6 N–H and O–H groups in total. The fraction of sp³-hybridized carbons (Fsp3) is 0.538. The number of ether oxygens (including phenoxy) is 2. The normalized spacial score (nSPS) is 22.6. The summed E-state index contributed by atoms with van der Waals surface area (Å²) < 4.78 is 9.82. The lowest BCUT2D eigenvalue weighted by atomic mass is 10.0. The Labute approximate surface area is 133 Å². The van der Waals surface area contributed by atoms with Gasteiger partial charge in [0.1, 0.15) is 6.23 Å². The fourth-order valence-electron chi connectivity index (χ4n) is 1.71. The van der Waals surface area contributed by atoms with Gasteiger partial charge in [0.2, 0.25) is 5.79 Å². The molecule has 0 aliphatic carbocycles. The average Bonchev–Trinajstić information content (AvgIpc) is 2.72. The van der Waals surface area contributed by atoms with Crippen molar-refractivity contribution in [2.24, 2.45) is 0 Å². The molecule has 2 rings (SSSR count). The Bertz CT molecular complexity index is 507. The van der Waals surface area contributed by atoms with E-state index in [1.54, 1.807) is 0 Å². The van der Waals surface area contributed by atoms with Crippen LogP contribution >= 0.6 is 12.6 Å². The highest BCUT2D eigenvalue weighted by Crippen LogP contribution is 2.41. The number of aliphatic hydroxyl groups is 5. The molecule has 1 aliphatic rings. The maximum atomic E-state index is 9.92. The Kier molecular flexibility index (Phi) is 6.04. The summed E-state index contributed by atoms with van der Waals surface area (Å²) in [6, 6.07) is 3.73. The van der Waals surface area contributed by atoms with E-state index in [4.69, 9.17) is 14.6 Å². The highest BCUT2D eigenvalue weighted by molar-refractivity contribution is 7.81. The third-order valence-electron chi connectivity index (χ3n) is 2.63. The topological polar surface area (TPSA) is 132 Å². The van der Waals surface area contributed by atoms with Crippen LogP contribution in [0.5, 0.6) is 11.5 Å². The third kappa shape index (κ3) is 4.23. The molecule has 3 atom stereocenters. The van der Waals surface area contributed by atoms with E-state index >= 15 is 0 Å². The molecular weight excluding hydrogens is 314 g/mol. The van der Waals surface area contributed by atoms with Crippen molar-refractivity contribution in [2.75, 3.05) is 0 Å². The highest BCUT2D eigenvalue weighted by Gasteiger charge is 2.40. The first-order valence-electron chi connectivity index (χ1n) is 6.66. The Balaban J connectivity index is 0.00000116. The number of rotatable bonds is 4. The van der Waals surface area contributed by atoms with E-state index in [0.717, 1.165) is 6.07 Å². The second-order valence-electron chi connectivity index (χ2n) is 4.39. The molecule has 1 aromatic carbocycles. The van der Waals surface area contributed by atoms with Gasteiger partial charge in [-0.05, 0) is 25.1 Å². The number of thiol groups is 1. The van der Waals surface area contributed by atoms with E-state index in [-0.39, 0.29) is 17.1 Å². The van der Waals surface area contributed by atoms with E-state index in [9.17, 15) is 20.4 Å². The zero-order valence-electron chi connectivity index (χ0n) is 12.4. The van der Waals surface area contributed by atoms with Gasteiger partial charge >= 0.3 is 5.31 Å². The summed E-state index contributed by atoms with van der Waals surface area (Å²) in [7, 11) is 0. The van der Waals surface area contributed by atoms with Crippen LogP contribution in [0.15, 0.2) is 18.2 Å². The van der Waals surface area contributed by atoms with Crippen LogP contribution < -0.4 is 14.8 Å². The molecule has 3 unspecified atom stereocenters. The summed E-state index contributed by atoms with van der Waals surface area (Å²) in [5, 5.41) is 48.0. The smallest absolute Gasteiger partial charge is 0.418 e. The van der Waals surface area contributed by atoms with Gasteiger partial charge in [-0.3, -0.25) is 5.32 Å². The van der Waals surface area contributed by atoms with Gasteiger partial charge in [-0.25, -0.2) is 0 Å². The average molecular weight is 335 g/mol. The Morgan fingerprint density at radius 2 is 1.73 bits per heavy atom. The predicted molar refractivity (Wildman–Crippen MR) is 79.9 cm³/mol. The zero-order valence-corrected chi connectivity index (χ0v) is 13.3. The largest absolute Gasteiger partial charge is 0.422 e. The Morgan fingerprint density at radius 3 is 2.27 bits per heavy atom.